The van der Waals surface area contributed by atoms with Crippen LogP contribution in [0.25, 0.3) is 6.08 Å². The van der Waals surface area contributed by atoms with Gasteiger partial charge >= 0.3 is 62.9 Å². The maximum absolute atomic E-state index is 14.1. The third-order valence-corrected chi connectivity index (χ3v) is 18.6. The zero-order valence-electron chi connectivity index (χ0n) is 43.8. The number of ether oxygens (including phenoxy) is 5. The van der Waals surface area contributed by atoms with E-state index in [2.05, 4.69) is 65.6 Å². The molecule has 0 unspecified atom stereocenters. The van der Waals surface area contributed by atoms with E-state index in [-0.39, 0.29) is 73.9 Å². The Morgan fingerprint density at radius 2 is 1.09 bits per heavy atom. The zero-order chi connectivity index (χ0) is 57.3. The topological polar surface area (TPSA) is 149 Å². The first-order valence-corrected chi connectivity index (χ1v) is 30.0. The van der Waals surface area contributed by atoms with Crippen molar-refractivity contribution in [2.45, 2.75) is 64.5 Å². The fourth-order valence-electron chi connectivity index (χ4n) is 7.19. The van der Waals surface area contributed by atoms with Crippen LogP contribution in [0.1, 0.15) is 43.7 Å². The summed E-state index contributed by atoms with van der Waals surface area (Å²) < 4.78 is 55.2. The van der Waals surface area contributed by atoms with Crippen LogP contribution in [0.3, 0.4) is 0 Å². The van der Waals surface area contributed by atoms with Crippen LogP contribution >= 0.6 is 0 Å². The molecule has 1 saturated heterocycles. The number of benzene rings is 7. The summed E-state index contributed by atoms with van der Waals surface area (Å²) in [5.74, 6) is -6.36. The zero-order valence-corrected chi connectivity index (χ0v) is 47.6. The van der Waals surface area contributed by atoms with Gasteiger partial charge in [-0.3, -0.25) is 14.4 Å². The first-order chi connectivity index (χ1) is 38.6. The van der Waals surface area contributed by atoms with E-state index < -0.39 is 48.2 Å². The average Bonchev–Trinajstić information content (AvgIpc) is 4.04. The highest BCUT2D eigenvalue weighted by atomic mass is 127. The highest BCUT2D eigenvalue weighted by Gasteiger charge is 2.44. The summed E-state index contributed by atoms with van der Waals surface area (Å²) in [6.45, 7) is 11.8. The summed E-state index contributed by atoms with van der Waals surface area (Å²) in [5.41, 5.74) is 1.88. The molecule has 0 aliphatic carbocycles. The van der Waals surface area contributed by atoms with Gasteiger partial charge in [0, 0.05) is 22.5 Å². The molecule has 8 rings (SSSR count). The van der Waals surface area contributed by atoms with Crippen molar-refractivity contribution in [3.8, 4) is 17.2 Å². The van der Waals surface area contributed by atoms with Gasteiger partial charge < -0.3 is 23.7 Å². The van der Waals surface area contributed by atoms with Crippen molar-refractivity contribution >= 4 is 63.7 Å². The number of hydrogen-bond acceptors (Lipinski definition) is 11. The molecule has 1 aliphatic heterocycles. The van der Waals surface area contributed by atoms with E-state index in [0.717, 1.165) is 33.6 Å². The molecule has 410 valence electrons. The summed E-state index contributed by atoms with van der Waals surface area (Å²) >= 11 is -0.206. The Kier molecular flexibility index (Phi) is 24.2. The molecule has 0 N–H and O–H groups in total. The molecule has 0 saturated carbocycles. The Hall–Kier alpha value is -7.93. The number of alkyl halides is 2. The van der Waals surface area contributed by atoms with Gasteiger partial charge in [-0.25, -0.2) is 14.4 Å². The second-order valence-electron chi connectivity index (χ2n) is 17.3. The molecule has 80 heavy (non-hydrogen) atoms. The van der Waals surface area contributed by atoms with Crippen molar-refractivity contribution in [1.29, 1.82) is 0 Å². The first-order valence-electron chi connectivity index (χ1n) is 25.0. The van der Waals surface area contributed by atoms with Crippen molar-refractivity contribution in [3.05, 3.63) is 238 Å². The first kappa shape index (κ1) is 61.3. The van der Waals surface area contributed by atoms with E-state index >= 15 is 0 Å². The maximum Gasteiger partial charge on any atom is 0.383 e. The number of esters is 6. The minimum Gasteiger partial charge on any atom is -0.462 e. The molecule has 0 bridgehead atoms. The summed E-state index contributed by atoms with van der Waals surface area (Å²) in [6.07, 6.45) is 3.64. The summed E-state index contributed by atoms with van der Waals surface area (Å²) in [6, 6.07) is 59.1. The van der Waals surface area contributed by atoms with E-state index in [1.165, 1.54) is 46.8 Å². The quantitative estimate of drug-likeness (QED) is 0.0180. The van der Waals surface area contributed by atoms with Crippen LogP contribution in [0.2, 0.25) is 0 Å². The monoisotopic (exact) mass is 1230 g/mol. The predicted octanol–water partition coefficient (Wildman–Crippen LogP) is 9.45. The van der Waals surface area contributed by atoms with Crippen LogP contribution in [-0.2, 0) is 66.5 Å². The van der Waals surface area contributed by atoms with E-state index in [1.807, 2.05) is 103 Å². The van der Waals surface area contributed by atoms with Crippen LogP contribution in [0.5, 0.6) is 17.2 Å². The smallest absolute Gasteiger partial charge is 0.383 e. The molecule has 7 aromatic rings. The van der Waals surface area contributed by atoms with Gasteiger partial charge in [-0.1, -0.05) is 105 Å². The SMILES string of the molecule is C=C(C)C(=O)OCCC(=O)Oc1ccc([S+](c2ccccc2)c2ccccc2)cc1.C=CC(=O)OC(=O)Cc1ccc([I+]c2ccccc2)cc1.C=Cc1ccc(OC(=O)C(F)(F)CC(=O)Oc2ccc([S+]3CCCC3)cc2)cc1. The molecule has 0 aromatic heterocycles. The van der Waals surface area contributed by atoms with Gasteiger partial charge in [0.05, 0.1) is 23.7 Å². The molecule has 0 amide bonds. The lowest BCUT2D eigenvalue weighted by Crippen LogP contribution is -3.61. The Bertz CT molecular complexity index is 3150. The molecule has 7 aromatic carbocycles. The van der Waals surface area contributed by atoms with Gasteiger partial charge in [-0.2, -0.15) is 8.78 Å². The molecular formula is C64H58F2IO11S2+3. The van der Waals surface area contributed by atoms with Gasteiger partial charge in [0.25, 0.3) is 0 Å². The molecule has 16 heteroatoms. The minimum absolute atomic E-state index is 0.0147. The van der Waals surface area contributed by atoms with Crippen molar-refractivity contribution in [2.75, 3.05) is 18.1 Å². The number of carbonyl (C=O) groups excluding carboxylic acids is 6. The van der Waals surface area contributed by atoms with Crippen molar-refractivity contribution in [1.82, 2.24) is 0 Å². The lowest BCUT2D eigenvalue weighted by molar-refractivity contribution is -0.597. The summed E-state index contributed by atoms with van der Waals surface area (Å²) in [7, 11) is -0.0391. The van der Waals surface area contributed by atoms with Gasteiger partial charge in [0.2, 0.25) is 0 Å². The second-order valence-corrected chi connectivity index (χ2v) is 24.7. The summed E-state index contributed by atoms with van der Waals surface area (Å²) in [4.78, 5) is 74.1. The molecule has 1 heterocycles. The van der Waals surface area contributed by atoms with Crippen LogP contribution in [0.4, 0.5) is 8.78 Å². The van der Waals surface area contributed by atoms with E-state index in [1.54, 1.807) is 49.4 Å². The van der Waals surface area contributed by atoms with E-state index in [9.17, 15) is 37.5 Å². The molecule has 0 atom stereocenters. The molecule has 0 spiro atoms. The summed E-state index contributed by atoms with van der Waals surface area (Å²) in [5, 5.41) is 0. The normalized spacial score (nSPS) is 11.8. The van der Waals surface area contributed by atoms with Crippen molar-refractivity contribution < 1.29 is 82.4 Å². The number of carbonyl (C=O) groups is 6. The highest BCUT2D eigenvalue weighted by Crippen LogP contribution is 2.32. The van der Waals surface area contributed by atoms with Crippen LogP contribution in [-0.4, -0.2) is 59.9 Å². The third-order valence-electron chi connectivity index (χ3n) is 11.1. The van der Waals surface area contributed by atoms with E-state index in [4.69, 9.17) is 14.2 Å². The molecule has 11 nitrogen and oxygen atoms in total. The lowest BCUT2D eigenvalue weighted by atomic mass is 10.2. The van der Waals surface area contributed by atoms with Crippen LogP contribution in [0, 0.1) is 7.14 Å². The molecule has 1 fully saturated rings. The highest BCUT2D eigenvalue weighted by molar-refractivity contribution is 7.97. The Morgan fingerprint density at radius 3 is 1.62 bits per heavy atom. The van der Waals surface area contributed by atoms with Crippen LogP contribution in [0.15, 0.2) is 239 Å². The predicted molar refractivity (Wildman–Crippen MR) is 301 cm³/mol. The molecule has 0 radical (unpaired) electrons. The number of halogens is 3. The van der Waals surface area contributed by atoms with Crippen molar-refractivity contribution in [2.24, 2.45) is 0 Å². The largest absolute Gasteiger partial charge is 0.462 e. The van der Waals surface area contributed by atoms with Gasteiger partial charge in [0.15, 0.2) is 26.7 Å². The molecular weight excluding hydrogens is 1170 g/mol. The number of rotatable bonds is 20. The second kappa shape index (κ2) is 31.6. The van der Waals surface area contributed by atoms with E-state index in [0.29, 0.717) is 11.3 Å². The van der Waals surface area contributed by atoms with Gasteiger partial charge in [-0.05, 0) is 140 Å². The third kappa shape index (κ3) is 20.4. The van der Waals surface area contributed by atoms with Gasteiger partial charge in [0.1, 0.15) is 41.8 Å². The minimum atomic E-state index is -4.00. The lowest BCUT2D eigenvalue weighted by Gasteiger charge is -2.14. The average molecular weight is 1230 g/mol. The van der Waals surface area contributed by atoms with Crippen molar-refractivity contribution in [3.63, 3.8) is 0 Å². The molecule has 1 aliphatic rings. The fourth-order valence-corrected chi connectivity index (χ4v) is 13.8. The van der Waals surface area contributed by atoms with Gasteiger partial charge in [-0.15, -0.1) is 0 Å². The Morgan fingerprint density at radius 1 is 0.600 bits per heavy atom. The standard InChI is InChI=1S/C25H23O4S.C22H21F2O4S.C17H14IO3/c1-19(2)25(27)28-18-17-24(26)29-20-13-15-23(16-14-20)30(21-9-5-3-6-10-21)22-11-7-4-8-12-22;1-2-16-5-7-18(8-6-16)28-21(26)22(23,24)15-20(25)27-17-9-11-19(12-10-17)29-13-3-4-14-29;1-2-16(19)21-17(20)12-13-8-10-15(11-9-13)18-14-6-4-3-5-7-14/h3-16H,1,17-18H2,2H3;2,5-12H,1,3-4,13-15H2;2-11H,1,12H2/q3*+1. The Labute approximate surface area is 480 Å². The van der Waals surface area contributed by atoms with Crippen LogP contribution < -0.4 is 35.4 Å². The number of hydrogen-bond donors (Lipinski definition) is 0. The fraction of sp³-hybridized carbons (Fsp3) is 0.156. The Balaban J connectivity index is 0.000000197. The maximum atomic E-state index is 14.1.